The molecule has 3 aromatic rings. The van der Waals surface area contributed by atoms with Gasteiger partial charge in [-0.3, -0.25) is 9.52 Å². The molecule has 0 radical (unpaired) electrons. The van der Waals surface area contributed by atoms with Gasteiger partial charge >= 0.3 is 0 Å². The van der Waals surface area contributed by atoms with Gasteiger partial charge in [-0.25, -0.2) is 17.9 Å². The Hall–Kier alpha value is -2.89. The Labute approximate surface area is 227 Å². The lowest BCUT2D eigenvalue weighted by Crippen LogP contribution is -2.39. The zero-order valence-electron chi connectivity index (χ0n) is 21.4. The molecule has 3 fully saturated rings. The molecule has 4 heterocycles. The summed E-state index contributed by atoms with van der Waals surface area (Å²) in [5, 5.41) is 12.4. The van der Waals surface area contributed by atoms with Crippen LogP contribution in [0.5, 0.6) is 0 Å². The third kappa shape index (κ3) is 4.94. The number of nitrogens with one attached hydrogen (secondary N) is 3. The van der Waals surface area contributed by atoms with E-state index in [4.69, 9.17) is 21.7 Å². The summed E-state index contributed by atoms with van der Waals surface area (Å²) in [7, 11) is -3.58. The highest BCUT2D eigenvalue weighted by atomic mass is 35.5. The van der Waals surface area contributed by atoms with Gasteiger partial charge in [-0.15, -0.1) is 0 Å². The number of aromatic nitrogens is 3. The number of anilines is 2. The van der Waals surface area contributed by atoms with Crippen LogP contribution in [0, 0.1) is 12.8 Å². The Morgan fingerprint density at radius 1 is 1.21 bits per heavy atom. The highest BCUT2D eigenvalue weighted by Gasteiger charge is 2.39. The van der Waals surface area contributed by atoms with Crippen molar-refractivity contribution in [2.75, 3.05) is 29.4 Å². The van der Waals surface area contributed by atoms with E-state index in [1.54, 1.807) is 15.5 Å². The predicted molar refractivity (Wildman–Crippen MR) is 147 cm³/mol. The monoisotopic (exact) mass is 557 g/mol. The number of nitrogens with zero attached hydrogens (tertiary/aromatic N) is 4. The van der Waals surface area contributed by atoms with Crippen LogP contribution < -0.4 is 15.4 Å². The topological polar surface area (TPSA) is 121 Å². The zero-order valence-corrected chi connectivity index (χ0v) is 23.0. The van der Waals surface area contributed by atoms with Gasteiger partial charge in [0.25, 0.3) is 5.91 Å². The lowest BCUT2D eigenvalue weighted by Gasteiger charge is -2.35. The third-order valence-corrected chi connectivity index (χ3v) is 8.77. The second-order valence-electron chi connectivity index (χ2n) is 10.8. The first-order chi connectivity index (χ1) is 18.1. The fourth-order valence-electron chi connectivity index (χ4n) is 6.14. The minimum absolute atomic E-state index is 0.213. The summed E-state index contributed by atoms with van der Waals surface area (Å²) in [4.78, 5) is 20.5. The molecule has 202 valence electrons. The molecule has 4 atom stereocenters. The summed E-state index contributed by atoms with van der Waals surface area (Å²) < 4.78 is 28.1. The number of likely N-dealkylation sites (tertiary alicyclic amines) is 1. The van der Waals surface area contributed by atoms with E-state index in [0.717, 1.165) is 61.2 Å². The number of benzene rings is 1. The van der Waals surface area contributed by atoms with Gasteiger partial charge in [-0.1, -0.05) is 11.6 Å². The average Bonchev–Trinajstić information content (AvgIpc) is 3.60. The third-order valence-electron chi connectivity index (χ3n) is 7.95. The van der Waals surface area contributed by atoms with Crippen molar-refractivity contribution in [2.24, 2.45) is 5.92 Å². The first-order valence-corrected chi connectivity index (χ1v) is 15.4. The Balaban J connectivity index is 1.29. The number of carbonyl (C=O) groups is 1. The van der Waals surface area contributed by atoms with Crippen molar-refractivity contribution in [1.29, 1.82) is 0 Å². The van der Waals surface area contributed by atoms with Crippen molar-refractivity contribution >= 4 is 44.7 Å². The molecule has 2 aliphatic heterocycles. The fraction of sp³-hybridized carbons (Fsp3) is 0.500. The van der Waals surface area contributed by atoms with Gasteiger partial charge in [0.05, 0.1) is 29.2 Å². The normalized spacial score (nSPS) is 25.2. The number of hydrogen-bond acceptors (Lipinski definition) is 7. The minimum atomic E-state index is -3.58. The summed E-state index contributed by atoms with van der Waals surface area (Å²) in [6, 6.07) is 7.33. The molecule has 2 bridgehead atoms. The van der Waals surface area contributed by atoms with Crippen molar-refractivity contribution in [3.63, 3.8) is 0 Å². The second kappa shape index (κ2) is 9.69. The van der Waals surface area contributed by atoms with Crippen LogP contribution >= 0.6 is 11.6 Å². The number of hydrogen-bond donors (Lipinski definition) is 3. The molecule has 3 N–H and O–H groups in total. The summed E-state index contributed by atoms with van der Waals surface area (Å²) >= 11 is 6.21. The minimum Gasteiger partial charge on any atom is -0.367 e. The van der Waals surface area contributed by atoms with Crippen LogP contribution in [-0.4, -0.2) is 65.3 Å². The molecule has 6 rings (SSSR count). The van der Waals surface area contributed by atoms with Crippen molar-refractivity contribution in [1.82, 2.24) is 24.8 Å². The van der Waals surface area contributed by atoms with Gasteiger partial charge < -0.3 is 15.5 Å². The number of sulfonamides is 1. The van der Waals surface area contributed by atoms with Gasteiger partial charge in [-0.2, -0.15) is 5.10 Å². The van der Waals surface area contributed by atoms with E-state index in [2.05, 4.69) is 15.4 Å². The molecule has 1 saturated carbocycles. The Bertz CT molecular complexity index is 1510. The van der Waals surface area contributed by atoms with E-state index < -0.39 is 10.0 Å². The van der Waals surface area contributed by atoms with Gasteiger partial charge in [0.1, 0.15) is 5.82 Å². The van der Waals surface area contributed by atoms with E-state index in [-0.39, 0.29) is 23.2 Å². The Kier molecular flexibility index (Phi) is 6.48. The number of fused-ring (bicyclic) bond motifs is 3. The van der Waals surface area contributed by atoms with Crippen molar-refractivity contribution in [2.45, 2.75) is 57.2 Å². The summed E-state index contributed by atoms with van der Waals surface area (Å²) in [6.45, 7) is 3.63. The highest BCUT2D eigenvalue weighted by molar-refractivity contribution is 7.92. The molecule has 12 heteroatoms. The van der Waals surface area contributed by atoms with Crippen molar-refractivity contribution in [3.05, 3.63) is 52.3 Å². The molecule has 3 aliphatic rings. The first-order valence-electron chi connectivity index (χ1n) is 13.1. The van der Waals surface area contributed by atoms with Gasteiger partial charge in [0, 0.05) is 48.0 Å². The first kappa shape index (κ1) is 25.4. The number of aryl methyl sites for hydroxylation is 1. The molecule has 1 amide bonds. The summed E-state index contributed by atoms with van der Waals surface area (Å²) in [6.07, 6.45) is 7.95. The SMILES string of the molecule is Cc1cn2nc([C@@H]3CCCCN3C(=O)c3cc(Cl)ccc3NS(C)(=O)=O)cc2nc1NC1C[C@H]2C[C@@H]1CN2. The van der Waals surface area contributed by atoms with E-state index in [0.29, 0.717) is 29.6 Å². The molecule has 0 spiro atoms. The van der Waals surface area contributed by atoms with Crippen LogP contribution in [0.25, 0.3) is 5.65 Å². The number of halogens is 1. The van der Waals surface area contributed by atoms with E-state index in [1.807, 2.05) is 19.2 Å². The predicted octanol–water partition coefficient (Wildman–Crippen LogP) is 3.59. The fourth-order valence-corrected chi connectivity index (χ4v) is 6.89. The maximum absolute atomic E-state index is 13.8. The molecule has 10 nitrogen and oxygen atoms in total. The molecule has 2 saturated heterocycles. The van der Waals surface area contributed by atoms with Crippen molar-refractivity contribution in [3.8, 4) is 0 Å². The largest absolute Gasteiger partial charge is 0.367 e. The van der Waals surface area contributed by atoms with E-state index in [9.17, 15) is 13.2 Å². The number of rotatable bonds is 6. The lowest BCUT2D eigenvalue weighted by molar-refractivity contribution is 0.0607. The molecule has 1 aromatic carbocycles. The smallest absolute Gasteiger partial charge is 0.256 e. The zero-order chi connectivity index (χ0) is 26.6. The number of piperidine rings is 2. The molecule has 1 unspecified atom stereocenters. The average molecular weight is 558 g/mol. The number of amides is 1. The molecule has 1 aliphatic carbocycles. The van der Waals surface area contributed by atoms with E-state index in [1.165, 1.54) is 18.6 Å². The van der Waals surface area contributed by atoms with Crippen LogP contribution in [0.3, 0.4) is 0 Å². The van der Waals surface area contributed by atoms with Crippen LogP contribution in [0.15, 0.2) is 30.5 Å². The van der Waals surface area contributed by atoms with Gasteiger partial charge in [-0.05, 0) is 63.1 Å². The number of carbonyl (C=O) groups excluding carboxylic acids is 1. The quantitative estimate of drug-likeness (QED) is 0.423. The second-order valence-corrected chi connectivity index (χ2v) is 13.0. The maximum Gasteiger partial charge on any atom is 0.256 e. The highest BCUT2D eigenvalue weighted by Crippen LogP contribution is 2.36. The van der Waals surface area contributed by atoms with Crippen molar-refractivity contribution < 1.29 is 13.2 Å². The molecular weight excluding hydrogens is 526 g/mol. The summed E-state index contributed by atoms with van der Waals surface area (Å²) in [5.74, 6) is 1.23. The van der Waals surface area contributed by atoms with Crippen LogP contribution in [-0.2, 0) is 10.0 Å². The molecule has 38 heavy (non-hydrogen) atoms. The standard InChI is InChI=1S/C26H32ClN7O3S/c1-15-14-34-24(30-25(15)29-21-11-18-9-16(21)13-28-18)12-22(31-34)23-5-3-4-8-33(23)26(35)19-10-17(27)6-7-20(19)32-38(2,36)37/h6-7,10,12,14,16,18,21,23,28,32H,3-5,8-9,11,13H2,1-2H3,(H,29,30)/t16-,18-,21?,23+/m1/s1. The Morgan fingerprint density at radius 2 is 2.05 bits per heavy atom. The van der Waals surface area contributed by atoms with Crippen LogP contribution in [0.4, 0.5) is 11.5 Å². The lowest BCUT2D eigenvalue weighted by atomic mass is 9.98. The molecular formula is C26H32ClN7O3S. The van der Waals surface area contributed by atoms with Gasteiger partial charge in [0.2, 0.25) is 10.0 Å². The van der Waals surface area contributed by atoms with E-state index >= 15 is 0 Å². The van der Waals surface area contributed by atoms with Crippen LogP contribution in [0.1, 0.15) is 59.8 Å². The van der Waals surface area contributed by atoms with Gasteiger partial charge in [0.15, 0.2) is 5.65 Å². The Morgan fingerprint density at radius 3 is 2.79 bits per heavy atom. The maximum atomic E-state index is 13.8. The van der Waals surface area contributed by atoms with Crippen LogP contribution in [0.2, 0.25) is 5.02 Å². The molecule has 2 aromatic heterocycles. The summed E-state index contributed by atoms with van der Waals surface area (Å²) in [5.41, 5.74) is 2.96.